The van der Waals surface area contributed by atoms with E-state index < -0.39 is 22.0 Å². The molecule has 0 spiro atoms. The van der Waals surface area contributed by atoms with Crippen LogP contribution in [0.1, 0.15) is 18.9 Å². The van der Waals surface area contributed by atoms with Crippen LogP contribution in [0.4, 0.5) is 0 Å². The Morgan fingerprint density at radius 2 is 1.81 bits per heavy atom. The van der Waals surface area contributed by atoms with Gasteiger partial charge in [0.1, 0.15) is 6.04 Å². The van der Waals surface area contributed by atoms with E-state index >= 15 is 0 Å². The molecule has 7 nitrogen and oxygen atoms in total. The molecule has 1 atom stereocenters. The largest absolute Gasteiger partial charge is 0.493 e. The van der Waals surface area contributed by atoms with Gasteiger partial charge in [-0.05, 0) is 25.0 Å². The number of hydrogen-bond acceptors (Lipinski definition) is 5. The van der Waals surface area contributed by atoms with Crippen molar-refractivity contribution in [3.05, 3.63) is 17.7 Å². The van der Waals surface area contributed by atoms with E-state index in [-0.39, 0.29) is 17.1 Å². The number of ether oxygens (including phenoxy) is 2. The van der Waals surface area contributed by atoms with Crippen LogP contribution in [-0.2, 0) is 14.8 Å². The minimum absolute atomic E-state index is 0.0418. The maximum Gasteiger partial charge on any atom is 0.321 e. The molecule has 1 aromatic rings. The van der Waals surface area contributed by atoms with Crippen LogP contribution >= 0.6 is 0 Å². The molecule has 1 aromatic carbocycles. The van der Waals surface area contributed by atoms with E-state index in [1.165, 1.54) is 26.4 Å². The van der Waals surface area contributed by atoms with Crippen LogP contribution in [0.5, 0.6) is 11.5 Å². The third-order valence-electron chi connectivity index (χ3n) is 2.97. The van der Waals surface area contributed by atoms with E-state index in [1.54, 1.807) is 13.8 Å². The Hall–Kier alpha value is -1.80. The summed E-state index contributed by atoms with van der Waals surface area (Å²) in [5, 5.41) is 8.96. The standard InChI is InChI=1S/C13H19NO6S/c1-5-9(13(15)16)14-21(17,18)12-7-11(20-4)10(19-3)6-8(12)2/h6-7,9,14H,5H2,1-4H3,(H,15,16)/t9-/m1/s1. The second kappa shape index (κ2) is 6.77. The normalized spacial score (nSPS) is 12.8. The van der Waals surface area contributed by atoms with Crippen molar-refractivity contribution >= 4 is 16.0 Å². The highest BCUT2D eigenvalue weighted by atomic mass is 32.2. The fourth-order valence-corrected chi connectivity index (χ4v) is 3.32. The van der Waals surface area contributed by atoms with E-state index in [0.717, 1.165) is 0 Å². The third-order valence-corrected chi connectivity index (χ3v) is 4.59. The summed E-state index contributed by atoms with van der Waals surface area (Å²) in [5.41, 5.74) is 0.431. The van der Waals surface area contributed by atoms with Crippen LogP contribution in [0, 0.1) is 6.92 Å². The fraction of sp³-hybridized carbons (Fsp3) is 0.462. The molecule has 21 heavy (non-hydrogen) atoms. The summed E-state index contributed by atoms with van der Waals surface area (Å²) in [7, 11) is -1.13. The van der Waals surface area contributed by atoms with Gasteiger partial charge in [-0.2, -0.15) is 4.72 Å². The molecule has 118 valence electrons. The molecule has 0 aliphatic carbocycles. The van der Waals surface area contributed by atoms with Crippen molar-refractivity contribution in [1.29, 1.82) is 0 Å². The van der Waals surface area contributed by atoms with Crippen molar-refractivity contribution in [1.82, 2.24) is 4.72 Å². The Morgan fingerprint density at radius 3 is 2.24 bits per heavy atom. The van der Waals surface area contributed by atoms with Crippen LogP contribution in [0.15, 0.2) is 17.0 Å². The van der Waals surface area contributed by atoms with Crippen molar-refractivity contribution in [2.24, 2.45) is 0 Å². The molecule has 8 heteroatoms. The van der Waals surface area contributed by atoms with E-state index in [4.69, 9.17) is 14.6 Å². The van der Waals surface area contributed by atoms with Crippen LogP contribution < -0.4 is 14.2 Å². The van der Waals surface area contributed by atoms with Crippen LogP contribution in [0.2, 0.25) is 0 Å². The van der Waals surface area contributed by atoms with Gasteiger partial charge >= 0.3 is 5.97 Å². The quantitative estimate of drug-likeness (QED) is 0.782. The maximum absolute atomic E-state index is 12.3. The lowest BCUT2D eigenvalue weighted by Gasteiger charge is -2.16. The molecule has 0 unspecified atom stereocenters. The minimum atomic E-state index is -3.97. The van der Waals surface area contributed by atoms with Gasteiger partial charge in [-0.15, -0.1) is 0 Å². The number of carboxylic acid groups (broad SMARTS) is 1. The molecule has 0 aliphatic rings. The van der Waals surface area contributed by atoms with Gasteiger partial charge < -0.3 is 14.6 Å². The van der Waals surface area contributed by atoms with E-state index in [9.17, 15) is 13.2 Å². The van der Waals surface area contributed by atoms with Crippen molar-refractivity contribution in [2.75, 3.05) is 14.2 Å². The molecule has 0 heterocycles. The smallest absolute Gasteiger partial charge is 0.321 e. The summed E-state index contributed by atoms with van der Waals surface area (Å²) in [4.78, 5) is 10.9. The Morgan fingerprint density at radius 1 is 1.29 bits per heavy atom. The first-order valence-electron chi connectivity index (χ1n) is 6.24. The predicted octanol–water partition coefficient (Wildman–Crippen LogP) is 1.15. The summed E-state index contributed by atoms with van der Waals surface area (Å²) >= 11 is 0. The molecule has 0 aliphatic heterocycles. The number of methoxy groups -OCH3 is 2. The Labute approximate surface area is 123 Å². The van der Waals surface area contributed by atoms with Crippen molar-refractivity contribution in [3.8, 4) is 11.5 Å². The van der Waals surface area contributed by atoms with Crippen molar-refractivity contribution in [2.45, 2.75) is 31.2 Å². The van der Waals surface area contributed by atoms with Gasteiger partial charge in [0, 0.05) is 6.07 Å². The second-order valence-corrected chi connectivity index (χ2v) is 6.08. The number of rotatable bonds is 7. The zero-order valence-electron chi connectivity index (χ0n) is 12.3. The highest BCUT2D eigenvalue weighted by Crippen LogP contribution is 2.32. The van der Waals surface area contributed by atoms with Crippen molar-refractivity contribution < 1.29 is 27.8 Å². The summed E-state index contributed by atoms with van der Waals surface area (Å²) in [6.45, 7) is 3.18. The Balaban J connectivity index is 3.28. The van der Waals surface area contributed by atoms with E-state index in [1.807, 2.05) is 0 Å². The molecule has 0 aromatic heterocycles. The van der Waals surface area contributed by atoms with E-state index in [0.29, 0.717) is 11.3 Å². The number of aliphatic carboxylic acids is 1. The van der Waals surface area contributed by atoms with Crippen LogP contribution in [0.3, 0.4) is 0 Å². The first-order chi connectivity index (χ1) is 9.76. The number of benzene rings is 1. The fourth-order valence-electron chi connectivity index (χ4n) is 1.81. The van der Waals surface area contributed by atoms with E-state index in [2.05, 4.69) is 4.72 Å². The molecule has 2 N–H and O–H groups in total. The Kier molecular flexibility index (Phi) is 5.56. The lowest BCUT2D eigenvalue weighted by Crippen LogP contribution is -2.40. The summed E-state index contributed by atoms with van der Waals surface area (Å²) in [5.74, 6) is -0.565. The zero-order valence-corrected chi connectivity index (χ0v) is 13.2. The van der Waals surface area contributed by atoms with Gasteiger partial charge in [0.05, 0.1) is 19.1 Å². The SMILES string of the molecule is CC[C@@H](NS(=O)(=O)c1cc(OC)c(OC)cc1C)C(=O)O. The Bertz CT molecular complexity index is 626. The minimum Gasteiger partial charge on any atom is -0.493 e. The monoisotopic (exact) mass is 317 g/mol. The molecule has 0 bridgehead atoms. The number of carboxylic acids is 1. The highest BCUT2D eigenvalue weighted by Gasteiger charge is 2.26. The second-order valence-electron chi connectivity index (χ2n) is 4.39. The van der Waals surface area contributed by atoms with Gasteiger partial charge in [0.2, 0.25) is 10.0 Å². The first kappa shape index (κ1) is 17.3. The van der Waals surface area contributed by atoms with Crippen LogP contribution in [0.25, 0.3) is 0 Å². The van der Waals surface area contributed by atoms with Gasteiger partial charge in [-0.3, -0.25) is 4.79 Å². The molecule has 1 rings (SSSR count). The third kappa shape index (κ3) is 3.85. The number of hydrogen-bond donors (Lipinski definition) is 2. The molecule has 0 saturated heterocycles. The molecule has 0 radical (unpaired) electrons. The first-order valence-corrected chi connectivity index (χ1v) is 7.72. The topological polar surface area (TPSA) is 102 Å². The number of sulfonamides is 1. The summed E-state index contributed by atoms with van der Waals surface area (Å²) in [6, 6.07) is 1.66. The summed E-state index contributed by atoms with van der Waals surface area (Å²) in [6.07, 6.45) is 0.140. The zero-order chi connectivity index (χ0) is 16.2. The van der Waals surface area contributed by atoms with Crippen LogP contribution in [-0.4, -0.2) is 39.8 Å². The molecule has 0 amide bonds. The van der Waals surface area contributed by atoms with Gasteiger partial charge in [0.15, 0.2) is 11.5 Å². The van der Waals surface area contributed by atoms with Gasteiger partial charge in [-0.1, -0.05) is 6.92 Å². The maximum atomic E-state index is 12.3. The number of nitrogens with one attached hydrogen (secondary N) is 1. The summed E-state index contributed by atoms with van der Waals surface area (Å²) < 4.78 is 37.0. The molecular formula is C13H19NO6S. The van der Waals surface area contributed by atoms with Crippen molar-refractivity contribution in [3.63, 3.8) is 0 Å². The average molecular weight is 317 g/mol. The lowest BCUT2D eigenvalue weighted by atomic mass is 10.2. The molecule has 0 fully saturated rings. The lowest BCUT2D eigenvalue weighted by molar-refractivity contribution is -0.139. The molecular weight excluding hydrogens is 298 g/mol. The molecule has 0 saturated carbocycles. The number of aryl methyl sites for hydroxylation is 1. The average Bonchev–Trinajstić information content (AvgIpc) is 2.43. The van der Waals surface area contributed by atoms with Gasteiger partial charge in [0.25, 0.3) is 0 Å². The highest BCUT2D eigenvalue weighted by molar-refractivity contribution is 7.89. The predicted molar refractivity (Wildman–Crippen MR) is 76.3 cm³/mol. The number of carbonyl (C=O) groups is 1. The van der Waals surface area contributed by atoms with Gasteiger partial charge in [-0.25, -0.2) is 8.42 Å².